The van der Waals surface area contributed by atoms with E-state index in [2.05, 4.69) is 80.1 Å². The molecule has 6 aromatic rings. The van der Waals surface area contributed by atoms with Crippen LogP contribution < -0.4 is 15.5 Å². The molecule has 1 unspecified atom stereocenters. The van der Waals surface area contributed by atoms with Crippen LogP contribution in [0.2, 0.25) is 0 Å². The molecule has 3 aromatic heterocycles. The van der Waals surface area contributed by atoms with E-state index in [1.54, 1.807) is 0 Å². The fraction of sp³-hybridized carbons (Fsp3) is 0.229. The summed E-state index contributed by atoms with van der Waals surface area (Å²) in [6.45, 7) is 5.94. The molecular formula is C35H33N7O. The molecule has 3 aromatic carbocycles. The maximum Gasteiger partial charge on any atom is 0.138 e. The minimum Gasteiger partial charge on any atom is -0.371 e. The van der Waals surface area contributed by atoms with Crippen molar-refractivity contribution >= 4 is 50.4 Å². The summed E-state index contributed by atoms with van der Waals surface area (Å²) in [5.41, 5.74) is 11.2. The molecule has 8 heteroatoms. The Morgan fingerprint density at radius 1 is 0.744 bits per heavy atom. The number of ether oxygens (including phenoxy) is 1. The van der Waals surface area contributed by atoms with Crippen molar-refractivity contribution in [2.45, 2.75) is 38.9 Å². The van der Waals surface area contributed by atoms with Crippen molar-refractivity contribution in [3.05, 3.63) is 96.4 Å². The van der Waals surface area contributed by atoms with Crippen LogP contribution in [-0.4, -0.2) is 45.2 Å². The van der Waals surface area contributed by atoms with Crippen molar-refractivity contribution in [2.24, 2.45) is 0 Å². The lowest BCUT2D eigenvalue weighted by Gasteiger charge is -2.34. The highest BCUT2D eigenvalue weighted by Gasteiger charge is 2.33. The van der Waals surface area contributed by atoms with Gasteiger partial charge in [0.15, 0.2) is 0 Å². The Labute approximate surface area is 250 Å². The standard InChI is InChI=1S/C35H33N7O/c1-21-15-26(13-14-36-21)38-25-7-11-32-34(17-25)41-35(40-32)23-3-5-24(6-4-23)39-33-16-22(2)37-31-12-8-27(18-30(31)33)42-19-28-9-10-29(20-42)43-28/h3-8,11-18,28-29H,9-10,19-20H2,1-2H3,(H,36,38)(H,37,39)(H,40,41)/t28-,29?/m1/s1. The summed E-state index contributed by atoms with van der Waals surface area (Å²) < 4.78 is 6.07. The number of imidazole rings is 1. The van der Waals surface area contributed by atoms with E-state index in [4.69, 9.17) is 14.7 Å². The minimum absolute atomic E-state index is 0.351. The monoisotopic (exact) mass is 567 g/mol. The first-order valence-corrected chi connectivity index (χ1v) is 14.9. The zero-order valence-corrected chi connectivity index (χ0v) is 24.3. The second kappa shape index (κ2) is 10.4. The SMILES string of the molecule is Cc1cc(Nc2ccc3nc(-c4ccc(Nc5cc(C)nc6ccc(N7CC8CC[C@H](C7)O8)cc56)cc4)[nH]c3c2)ccn1. The first-order chi connectivity index (χ1) is 21.0. The molecule has 2 aliphatic heterocycles. The lowest BCUT2D eigenvalue weighted by Crippen LogP contribution is -2.42. The highest BCUT2D eigenvalue weighted by atomic mass is 16.5. The Morgan fingerprint density at radius 3 is 2.33 bits per heavy atom. The lowest BCUT2D eigenvalue weighted by atomic mass is 10.1. The van der Waals surface area contributed by atoms with Gasteiger partial charge in [-0.15, -0.1) is 0 Å². The number of hydrogen-bond donors (Lipinski definition) is 3. The molecule has 0 saturated carbocycles. The minimum atomic E-state index is 0.351. The summed E-state index contributed by atoms with van der Waals surface area (Å²) in [5, 5.41) is 8.23. The summed E-state index contributed by atoms with van der Waals surface area (Å²) in [5.74, 6) is 0.841. The van der Waals surface area contributed by atoms with E-state index >= 15 is 0 Å². The van der Waals surface area contributed by atoms with E-state index in [-0.39, 0.29) is 0 Å². The maximum atomic E-state index is 6.07. The zero-order valence-electron chi connectivity index (χ0n) is 24.3. The second-order valence-electron chi connectivity index (χ2n) is 11.7. The number of pyridine rings is 2. The topological polar surface area (TPSA) is 91.0 Å². The number of fused-ring (bicyclic) bond motifs is 4. The zero-order chi connectivity index (χ0) is 28.9. The average Bonchev–Trinajstić information content (AvgIpc) is 3.59. The van der Waals surface area contributed by atoms with Gasteiger partial charge in [-0.2, -0.15) is 0 Å². The number of rotatable bonds is 6. The van der Waals surface area contributed by atoms with Crippen molar-refractivity contribution in [2.75, 3.05) is 28.6 Å². The number of aromatic nitrogens is 4. The largest absolute Gasteiger partial charge is 0.371 e. The lowest BCUT2D eigenvalue weighted by molar-refractivity contribution is 0.0305. The highest BCUT2D eigenvalue weighted by Crippen LogP contribution is 2.34. The van der Waals surface area contributed by atoms with Crippen LogP contribution in [-0.2, 0) is 4.74 Å². The van der Waals surface area contributed by atoms with E-state index in [0.717, 1.165) is 93.4 Å². The Kier molecular flexibility index (Phi) is 6.22. The quantitative estimate of drug-likeness (QED) is 0.190. The van der Waals surface area contributed by atoms with Crippen LogP contribution in [0.25, 0.3) is 33.3 Å². The van der Waals surface area contributed by atoms with Crippen LogP contribution in [0.1, 0.15) is 24.2 Å². The van der Waals surface area contributed by atoms with Crippen molar-refractivity contribution < 1.29 is 4.74 Å². The number of H-pyrrole nitrogens is 1. The Morgan fingerprint density at radius 2 is 1.51 bits per heavy atom. The summed E-state index contributed by atoms with van der Waals surface area (Å²) in [4.78, 5) is 19.9. The van der Waals surface area contributed by atoms with Gasteiger partial charge in [-0.05, 0) is 106 Å². The molecule has 0 radical (unpaired) electrons. The number of aromatic amines is 1. The number of nitrogens with one attached hydrogen (secondary N) is 3. The molecule has 2 saturated heterocycles. The molecule has 2 atom stereocenters. The van der Waals surface area contributed by atoms with Gasteiger partial charge in [-0.25, -0.2) is 4.98 Å². The van der Waals surface area contributed by atoms with Crippen LogP contribution >= 0.6 is 0 Å². The number of nitrogens with zero attached hydrogens (tertiary/aromatic N) is 4. The molecule has 2 aliphatic rings. The van der Waals surface area contributed by atoms with E-state index in [1.807, 2.05) is 44.3 Å². The number of hydrogen-bond acceptors (Lipinski definition) is 7. The van der Waals surface area contributed by atoms with Gasteiger partial charge in [0.1, 0.15) is 5.82 Å². The van der Waals surface area contributed by atoms with Gasteiger partial charge in [-0.1, -0.05) is 0 Å². The van der Waals surface area contributed by atoms with E-state index < -0.39 is 0 Å². The Balaban J connectivity index is 1.03. The van der Waals surface area contributed by atoms with Gasteiger partial charge < -0.3 is 25.3 Å². The normalized spacial score (nSPS) is 18.0. The molecule has 3 N–H and O–H groups in total. The molecule has 0 aliphatic carbocycles. The summed E-state index contributed by atoms with van der Waals surface area (Å²) in [6, 6.07) is 27.3. The molecular weight excluding hydrogens is 534 g/mol. The summed E-state index contributed by atoms with van der Waals surface area (Å²) >= 11 is 0. The van der Waals surface area contributed by atoms with E-state index in [9.17, 15) is 0 Å². The van der Waals surface area contributed by atoms with Gasteiger partial charge in [0.2, 0.25) is 0 Å². The van der Waals surface area contributed by atoms with Gasteiger partial charge >= 0.3 is 0 Å². The van der Waals surface area contributed by atoms with Gasteiger partial charge in [0.25, 0.3) is 0 Å². The number of benzene rings is 3. The van der Waals surface area contributed by atoms with Crippen molar-refractivity contribution in [1.29, 1.82) is 0 Å². The third kappa shape index (κ3) is 5.15. The first kappa shape index (κ1) is 25.7. The number of aryl methyl sites for hydroxylation is 2. The molecule has 43 heavy (non-hydrogen) atoms. The fourth-order valence-electron chi connectivity index (χ4n) is 6.35. The van der Waals surface area contributed by atoms with Crippen LogP contribution in [0.3, 0.4) is 0 Å². The highest BCUT2D eigenvalue weighted by molar-refractivity contribution is 5.95. The first-order valence-electron chi connectivity index (χ1n) is 14.9. The smallest absolute Gasteiger partial charge is 0.138 e. The Bertz CT molecular complexity index is 1950. The molecule has 5 heterocycles. The molecule has 2 fully saturated rings. The predicted octanol–water partition coefficient (Wildman–Crippen LogP) is 7.64. The van der Waals surface area contributed by atoms with Crippen LogP contribution in [0, 0.1) is 13.8 Å². The molecule has 0 amide bonds. The third-order valence-corrected chi connectivity index (χ3v) is 8.43. The van der Waals surface area contributed by atoms with Crippen LogP contribution in [0.5, 0.6) is 0 Å². The molecule has 214 valence electrons. The fourth-order valence-corrected chi connectivity index (χ4v) is 6.35. The van der Waals surface area contributed by atoms with E-state index in [1.165, 1.54) is 5.69 Å². The van der Waals surface area contributed by atoms with Crippen molar-refractivity contribution in [1.82, 2.24) is 19.9 Å². The summed E-state index contributed by atoms with van der Waals surface area (Å²) in [6.07, 6.45) is 4.84. The van der Waals surface area contributed by atoms with Crippen LogP contribution in [0.15, 0.2) is 85.1 Å². The van der Waals surface area contributed by atoms with Crippen LogP contribution in [0.4, 0.5) is 28.4 Å². The predicted molar refractivity (Wildman–Crippen MR) is 174 cm³/mol. The molecule has 2 bridgehead atoms. The van der Waals surface area contributed by atoms with Crippen molar-refractivity contribution in [3.8, 4) is 11.4 Å². The molecule has 8 rings (SSSR count). The van der Waals surface area contributed by atoms with Gasteiger partial charge in [-0.3, -0.25) is 9.97 Å². The third-order valence-electron chi connectivity index (χ3n) is 8.43. The Hall–Kier alpha value is -4.95. The summed E-state index contributed by atoms with van der Waals surface area (Å²) in [7, 11) is 0. The van der Waals surface area contributed by atoms with Gasteiger partial charge in [0.05, 0.1) is 28.8 Å². The van der Waals surface area contributed by atoms with Crippen molar-refractivity contribution in [3.63, 3.8) is 0 Å². The van der Waals surface area contributed by atoms with Gasteiger partial charge in [0, 0.05) is 70.1 Å². The maximum absolute atomic E-state index is 6.07. The number of anilines is 5. The van der Waals surface area contributed by atoms with E-state index in [0.29, 0.717) is 12.2 Å². The number of morpholine rings is 1. The second-order valence-corrected chi connectivity index (χ2v) is 11.7. The molecule has 0 spiro atoms. The average molecular weight is 568 g/mol. The molecule has 8 nitrogen and oxygen atoms in total.